The third kappa shape index (κ3) is 2.53. The van der Waals surface area contributed by atoms with Crippen LogP contribution < -0.4 is 0 Å². The van der Waals surface area contributed by atoms with Crippen molar-refractivity contribution in [2.45, 2.75) is 57.6 Å². The van der Waals surface area contributed by atoms with Crippen LogP contribution in [0.25, 0.3) is 0 Å². The first-order chi connectivity index (χ1) is 8.72. The van der Waals surface area contributed by atoms with Gasteiger partial charge < -0.3 is 18.8 Å². The Bertz CT molecular complexity index is 346. The molecule has 0 atom stereocenters. The third-order valence-corrected chi connectivity index (χ3v) is 4.33. The zero-order valence-corrected chi connectivity index (χ0v) is 12.4. The van der Waals surface area contributed by atoms with Crippen molar-refractivity contribution in [3.63, 3.8) is 0 Å². The summed E-state index contributed by atoms with van der Waals surface area (Å²) in [7, 11) is -0.421. The molecule has 0 bridgehead atoms. The van der Waals surface area contributed by atoms with Gasteiger partial charge >= 0.3 is 13.1 Å². The van der Waals surface area contributed by atoms with E-state index in [9.17, 15) is 4.79 Å². The Morgan fingerprint density at radius 3 is 2.05 bits per heavy atom. The molecule has 0 spiro atoms. The molecule has 0 amide bonds. The fraction of sp³-hybridized carbons (Fsp3) is 0.923. The van der Waals surface area contributed by atoms with Gasteiger partial charge in [0.1, 0.15) is 0 Å². The minimum atomic E-state index is -0.421. The van der Waals surface area contributed by atoms with E-state index in [0.29, 0.717) is 19.8 Å². The van der Waals surface area contributed by atoms with Gasteiger partial charge in [0.15, 0.2) is 0 Å². The summed E-state index contributed by atoms with van der Waals surface area (Å²) in [4.78, 5) is 11.7. The predicted octanol–water partition coefficient (Wildman–Crippen LogP) is 1.80. The molecule has 2 heterocycles. The minimum Gasteiger partial charge on any atom is -0.466 e. The summed E-state index contributed by atoms with van der Waals surface area (Å²) in [6.45, 7) is 11.2. The number of ether oxygens (including phenoxy) is 2. The SMILES string of the molecule is CCOC(=O)CC1(B2OC(C)(C)C(C)(C)O2)COC1. The summed E-state index contributed by atoms with van der Waals surface area (Å²) in [5, 5.41) is -0.405. The molecule has 2 rings (SSSR count). The average Bonchev–Trinajstić information content (AvgIpc) is 2.42. The van der Waals surface area contributed by atoms with Crippen LogP contribution in [0.3, 0.4) is 0 Å². The Kier molecular flexibility index (Phi) is 3.71. The highest BCUT2D eigenvalue weighted by atomic mass is 16.7. The maximum absolute atomic E-state index is 11.7. The Labute approximate surface area is 115 Å². The van der Waals surface area contributed by atoms with Gasteiger partial charge in [-0.1, -0.05) is 0 Å². The van der Waals surface area contributed by atoms with E-state index in [0.717, 1.165) is 0 Å². The summed E-state index contributed by atoms with van der Waals surface area (Å²) in [5.74, 6) is -0.222. The maximum Gasteiger partial charge on any atom is 0.469 e. The third-order valence-electron chi connectivity index (χ3n) is 4.33. The molecule has 0 unspecified atom stereocenters. The summed E-state index contributed by atoms with van der Waals surface area (Å²) in [6, 6.07) is 0. The van der Waals surface area contributed by atoms with E-state index in [-0.39, 0.29) is 12.4 Å². The van der Waals surface area contributed by atoms with Crippen LogP contribution in [0.5, 0.6) is 0 Å². The maximum atomic E-state index is 11.7. The van der Waals surface area contributed by atoms with Gasteiger partial charge in [0.05, 0.1) is 42.8 Å². The van der Waals surface area contributed by atoms with Gasteiger partial charge in [-0.15, -0.1) is 0 Å². The van der Waals surface area contributed by atoms with Gasteiger partial charge in [0.2, 0.25) is 0 Å². The van der Waals surface area contributed by atoms with Crippen LogP contribution in [0.1, 0.15) is 41.0 Å². The lowest BCUT2D eigenvalue weighted by Gasteiger charge is -2.41. The van der Waals surface area contributed by atoms with Crippen molar-refractivity contribution in [2.75, 3.05) is 19.8 Å². The van der Waals surface area contributed by atoms with Gasteiger partial charge in [-0.05, 0) is 34.6 Å². The fourth-order valence-electron chi connectivity index (χ4n) is 2.28. The normalized spacial score (nSPS) is 26.9. The molecule has 2 aliphatic heterocycles. The molecule has 0 aromatic carbocycles. The molecule has 2 saturated heterocycles. The molecule has 2 fully saturated rings. The second kappa shape index (κ2) is 4.75. The summed E-state index contributed by atoms with van der Waals surface area (Å²) in [6.07, 6.45) is 0.275. The van der Waals surface area contributed by atoms with E-state index in [1.165, 1.54) is 0 Å². The van der Waals surface area contributed by atoms with Crippen LogP contribution in [0.15, 0.2) is 0 Å². The number of carbonyl (C=O) groups excluding carboxylic acids is 1. The summed E-state index contributed by atoms with van der Waals surface area (Å²) < 4.78 is 22.4. The number of rotatable bonds is 4. The predicted molar refractivity (Wildman–Crippen MR) is 70.8 cm³/mol. The number of esters is 1. The first-order valence-electron chi connectivity index (χ1n) is 6.81. The second-order valence-electron chi connectivity index (χ2n) is 6.43. The quantitative estimate of drug-likeness (QED) is 0.576. The van der Waals surface area contributed by atoms with Crippen molar-refractivity contribution in [1.29, 1.82) is 0 Å². The molecule has 0 aromatic heterocycles. The Balaban J connectivity index is 2.09. The molecule has 5 nitrogen and oxygen atoms in total. The fourth-order valence-corrected chi connectivity index (χ4v) is 2.28. The molecule has 0 radical (unpaired) electrons. The van der Waals surface area contributed by atoms with Crippen LogP contribution in [0.4, 0.5) is 0 Å². The lowest BCUT2D eigenvalue weighted by Crippen LogP contribution is -2.51. The van der Waals surface area contributed by atoms with Crippen LogP contribution >= 0.6 is 0 Å². The molecule has 19 heavy (non-hydrogen) atoms. The van der Waals surface area contributed by atoms with Gasteiger partial charge in [0, 0.05) is 0 Å². The van der Waals surface area contributed by atoms with Crippen molar-refractivity contribution in [1.82, 2.24) is 0 Å². The van der Waals surface area contributed by atoms with Crippen molar-refractivity contribution in [2.24, 2.45) is 0 Å². The smallest absolute Gasteiger partial charge is 0.466 e. The molecule has 108 valence electrons. The molecule has 0 aromatic rings. The number of carbonyl (C=O) groups is 1. The first kappa shape index (κ1) is 14.8. The Morgan fingerprint density at radius 2 is 1.68 bits per heavy atom. The molecule has 0 aliphatic carbocycles. The standard InChI is InChI=1S/C13H23BO5/c1-6-17-10(15)7-13(8-16-9-13)14-18-11(2,3)12(4,5)19-14/h6-9H2,1-5H3. The van der Waals surface area contributed by atoms with Gasteiger partial charge in [-0.3, -0.25) is 4.79 Å². The molecular formula is C13H23BO5. The number of hydrogen-bond acceptors (Lipinski definition) is 5. The molecule has 0 saturated carbocycles. The van der Waals surface area contributed by atoms with E-state index < -0.39 is 23.6 Å². The van der Waals surface area contributed by atoms with E-state index in [4.69, 9.17) is 18.8 Å². The highest BCUT2D eigenvalue weighted by molar-refractivity contribution is 6.50. The van der Waals surface area contributed by atoms with Crippen molar-refractivity contribution in [3.8, 4) is 0 Å². The van der Waals surface area contributed by atoms with Crippen molar-refractivity contribution >= 4 is 13.1 Å². The van der Waals surface area contributed by atoms with E-state index >= 15 is 0 Å². The average molecular weight is 270 g/mol. The van der Waals surface area contributed by atoms with Crippen molar-refractivity contribution in [3.05, 3.63) is 0 Å². The zero-order valence-electron chi connectivity index (χ0n) is 12.4. The van der Waals surface area contributed by atoms with Crippen molar-refractivity contribution < 1.29 is 23.6 Å². The van der Waals surface area contributed by atoms with Gasteiger partial charge in [-0.2, -0.15) is 0 Å². The highest BCUT2D eigenvalue weighted by Gasteiger charge is 2.63. The van der Waals surface area contributed by atoms with Crippen LogP contribution in [0.2, 0.25) is 5.31 Å². The van der Waals surface area contributed by atoms with Crippen LogP contribution in [-0.2, 0) is 23.6 Å². The van der Waals surface area contributed by atoms with Crippen LogP contribution in [-0.4, -0.2) is 44.1 Å². The second-order valence-corrected chi connectivity index (χ2v) is 6.43. The largest absolute Gasteiger partial charge is 0.469 e. The molecule has 6 heteroatoms. The molecule has 2 aliphatic rings. The van der Waals surface area contributed by atoms with Crippen LogP contribution in [0, 0.1) is 0 Å². The lowest BCUT2D eigenvalue weighted by atomic mass is 9.54. The minimum absolute atomic E-state index is 0.222. The summed E-state index contributed by atoms with van der Waals surface area (Å²) >= 11 is 0. The topological polar surface area (TPSA) is 54.0 Å². The highest BCUT2D eigenvalue weighted by Crippen LogP contribution is 2.50. The molecular weight excluding hydrogens is 247 g/mol. The Morgan fingerprint density at radius 1 is 1.16 bits per heavy atom. The number of hydrogen-bond donors (Lipinski definition) is 0. The summed E-state index contributed by atoms with van der Waals surface area (Å²) in [5.41, 5.74) is -0.788. The van der Waals surface area contributed by atoms with E-state index in [1.54, 1.807) is 6.92 Å². The molecule has 0 N–H and O–H groups in total. The van der Waals surface area contributed by atoms with Gasteiger partial charge in [0.25, 0.3) is 0 Å². The zero-order chi connectivity index (χ0) is 14.3. The first-order valence-corrected chi connectivity index (χ1v) is 6.81. The van der Waals surface area contributed by atoms with E-state index in [1.807, 2.05) is 27.7 Å². The van der Waals surface area contributed by atoms with E-state index in [2.05, 4.69) is 0 Å². The van der Waals surface area contributed by atoms with Gasteiger partial charge in [-0.25, -0.2) is 0 Å². The lowest BCUT2D eigenvalue weighted by molar-refractivity contribution is -0.148. The monoisotopic (exact) mass is 270 g/mol. The Hall–Kier alpha value is -0.585.